The van der Waals surface area contributed by atoms with Gasteiger partial charge in [-0.25, -0.2) is 4.39 Å². The molecule has 0 saturated heterocycles. The Labute approximate surface area is 82.8 Å². The molecular weight excluding hydrogens is 181 g/mol. The van der Waals surface area contributed by atoms with Crippen LogP contribution in [0.1, 0.15) is 18.4 Å². The van der Waals surface area contributed by atoms with E-state index in [4.69, 9.17) is 0 Å². The molecule has 1 saturated carbocycles. The minimum absolute atomic E-state index is 0.244. The lowest BCUT2D eigenvalue weighted by Crippen LogP contribution is -2.52. The SMILES string of the molecule is CNC1(c2ccccc2O)CC(F)C1. The Morgan fingerprint density at radius 1 is 1.43 bits per heavy atom. The van der Waals surface area contributed by atoms with Gasteiger partial charge in [0.15, 0.2) is 0 Å². The van der Waals surface area contributed by atoms with Crippen LogP contribution in [-0.4, -0.2) is 18.3 Å². The molecule has 1 aromatic rings. The second-order valence-corrected chi connectivity index (χ2v) is 3.85. The van der Waals surface area contributed by atoms with Crippen LogP contribution < -0.4 is 5.32 Å². The third-order valence-corrected chi connectivity index (χ3v) is 3.04. The van der Waals surface area contributed by atoms with Crippen LogP contribution in [-0.2, 0) is 5.54 Å². The maximum atomic E-state index is 12.9. The van der Waals surface area contributed by atoms with Crippen molar-refractivity contribution < 1.29 is 9.50 Å². The van der Waals surface area contributed by atoms with E-state index in [-0.39, 0.29) is 11.3 Å². The highest BCUT2D eigenvalue weighted by atomic mass is 19.1. The largest absolute Gasteiger partial charge is 0.508 e. The summed E-state index contributed by atoms with van der Waals surface area (Å²) in [5.41, 5.74) is 0.446. The van der Waals surface area contributed by atoms with E-state index >= 15 is 0 Å². The van der Waals surface area contributed by atoms with Crippen molar-refractivity contribution in [2.75, 3.05) is 7.05 Å². The third-order valence-electron chi connectivity index (χ3n) is 3.04. The average molecular weight is 195 g/mol. The first-order valence-corrected chi connectivity index (χ1v) is 4.79. The molecule has 2 N–H and O–H groups in total. The lowest BCUT2D eigenvalue weighted by atomic mass is 9.70. The summed E-state index contributed by atoms with van der Waals surface area (Å²) in [4.78, 5) is 0. The van der Waals surface area contributed by atoms with Gasteiger partial charge in [-0.2, -0.15) is 0 Å². The Hall–Kier alpha value is -1.09. The van der Waals surface area contributed by atoms with Crippen LogP contribution in [0.15, 0.2) is 24.3 Å². The predicted octanol–water partition coefficient (Wildman–Crippen LogP) is 1.94. The molecular formula is C11H14FNO. The Kier molecular flexibility index (Phi) is 2.19. The molecule has 0 radical (unpaired) electrons. The fourth-order valence-electron chi connectivity index (χ4n) is 2.13. The zero-order chi connectivity index (χ0) is 10.2. The summed E-state index contributed by atoms with van der Waals surface area (Å²) in [5, 5.41) is 12.8. The quantitative estimate of drug-likeness (QED) is 0.755. The summed E-state index contributed by atoms with van der Waals surface area (Å²) in [6, 6.07) is 7.12. The summed E-state index contributed by atoms with van der Waals surface area (Å²) in [6.07, 6.45) is 0.143. The first kappa shape index (κ1) is 9.46. The normalized spacial score (nSPS) is 31.1. The lowest BCUT2D eigenvalue weighted by Gasteiger charge is -2.44. The van der Waals surface area contributed by atoms with Crippen molar-refractivity contribution in [2.45, 2.75) is 24.6 Å². The van der Waals surface area contributed by atoms with Crippen molar-refractivity contribution in [3.05, 3.63) is 29.8 Å². The van der Waals surface area contributed by atoms with Crippen LogP contribution in [0.5, 0.6) is 5.75 Å². The van der Waals surface area contributed by atoms with Crippen molar-refractivity contribution in [3.8, 4) is 5.75 Å². The fourth-order valence-corrected chi connectivity index (χ4v) is 2.13. The van der Waals surface area contributed by atoms with Gasteiger partial charge in [0.1, 0.15) is 11.9 Å². The summed E-state index contributed by atoms with van der Waals surface area (Å²) >= 11 is 0. The van der Waals surface area contributed by atoms with Gasteiger partial charge in [-0.05, 0) is 13.1 Å². The molecule has 2 nitrogen and oxygen atoms in total. The van der Waals surface area contributed by atoms with Gasteiger partial charge in [0.25, 0.3) is 0 Å². The average Bonchev–Trinajstić information content (AvgIpc) is 2.14. The topological polar surface area (TPSA) is 32.3 Å². The summed E-state index contributed by atoms with van der Waals surface area (Å²) in [7, 11) is 1.80. The first-order valence-electron chi connectivity index (χ1n) is 4.79. The fraction of sp³-hybridized carbons (Fsp3) is 0.455. The number of nitrogens with one attached hydrogen (secondary N) is 1. The van der Waals surface area contributed by atoms with Gasteiger partial charge in [-0.1, -0.05) is 18.2 Å². The molecule has 0 bridgehead atoms. The second-order valence-electron chi connectivity index (χ2n) is 3.85. The Morgan fingerprint density at radius 2 is 2.07 bits per heavy atom. The number of phenolic OH excluding ortho intramolecular Hbond substituents is 1. The molecule has 0 aliphatic heterocycles. The number of rotatable bonds is 2. The van der Waals surface area contributed by atoms with Crippen LogP contribution >= 0.6 is 0 Å². The van der Waals surface area contributed by atoms with E-state index in [2.05, 4.69) is 5.32 Å². The number of hydrogen-bond donors (Lipinski definition) is 2. The Balaban J connectivity index is 2.34. The van der Waals surface area contributed by atoms with E-state index in [0.717, 1.165) is 5.56 Å². The van der Waals surface area contributed by atoms with Crippen LogP contribution in [0.2, 0.25) is 0 Å². The van der Waals surface area contributed by atoms with Crippen molar-refractivity contribution in [3.63, 3.8) is 0 Å². The number of hydrogen-bond acceptors (Lipinski definition) is 2. The maximum Gasteiger partial charge on any atom is 0.120 e. The summed E-state index contributed by atoms with van der Waals surface area (Å²) < 4.78 is 12.9. The zero-order valence-corrected chi connectivity index (χ0v) is 8.13. The molecule has 0 aromatic heterocycles. The lowest BCUT2D eigenvalue weighted by molar-refractivity contribution is 0.0698. The van der Waals surface area contributed by atoms with Gasteiger partial charge in [0, 0.05) is 18.4 Å². The van der Waals surface area contributed by atoms with Crippen molar-refractivity contribution in [2.24, 2.45) is 0 Å². The van der Waals surface area contributed by atoms with Crippen LogP contribution in [0.25, 0.3) is 0 Å². The number of alkyl halides is 1. The monoisotopic (exact) mass is 195 g/mol. The number of benzene rings is 1. The van der Waals surface area contributed by atoms with E-state index in [1.165, 1.54) is 0 Å². The third kappa shape index (κ3) is 1.28. The van der Waals surface area contributed by atoms with Gasteiger partial charge in [0.05, 0.1) is 5.54 Å². The standard InChI is InChI=1S/C11H14FNO/c1-13-11(6-8(12)7-11)9-4-2-3-5-10(9)14/h2-5,8,13-14H,6-7H2,1H3. The second kappa shape index (κ2) is 3.24. The molecule has 1 fully saturated rings. The molecule has 2 rings (SSSR count). The van der Waals surface area contributed by atoms with E-state index in [1.807, 2.05) is 12.1 Å². The molecule has 1 aliphatic rings. The molecule has 1 aliphatic carbocycles. The van der Waals surface area contributed by atoms with Gasteiger partial charge in [0.2, 0.25) is 0 Å². The highest BCUT2D eigenvalue weighted by molar-refractivity contribution is 5.40. The van der Waals surface area contributed by atoms with Crippen molar-refractivity contribution in [1.29, 1.82) is 0 Å². The van der Waals surface area contributed by atoms with E-state index < -0.39 is 6.17 Å². The summed E-state index contributed by atoms with van der Waals surface area (Å²) in [6.45, 7) is 0. The van der Waals surface area contributed by atoms with Crippen LogP contribution in [0.4, 0.5) is 4.39 Å². The van der Waals surface area contributed by atoms with Crippen LogP contribution in [0.3, 0.4) is 0 Å². The highest BCUT2D eigenvalue weighted by Crippen LogP contribution is 2.45. The number of para-hydroxylation sites is 1. The smallest absolute Gasteiger partial charge is 0.120 e. The summed E-state index contributed by atoms with van der Waals surface area (Å²) in [5.74, 6) is 0.244. The molecule has 1 aromatic carbocycles. The molecule has 0 atom stereocenters. The molecule has 0 heterocycles. The number of halogens is 1. The molecule has 0 unspecified atom stereocenters. The zero-order valence-electron chi connectivity index (χ0n) is 8.13. The van der Waals surface area contributed by atoms with Gasteiger partial charge >= 0.3 is 0 Å². The predicted molar refractivity (Wildman–Crippen MR) is 53.0 cm³/mol. The first-order chi connectivity index (χ1) is 6.68. The number of aromatic hydroxyl groups is 1. The van der Waals surface area contributed by atoms with Crippen molar-refractivity contribution >= 4 is 0 Å². The van der Waals surface area contributed by atoms with Crippen molar-refractivity contribution in [1.82, 2.24) is 5.32 Å². The van der Waals surface area contributed by atoms with Gasteiger partial charge in [-0.3, -0.25) is 0 Å². The van der Waals surface area contributed by atoms with E-state index in [9.17, 15) is 9.50 Å². The maximum absolute atomic E-state index is 12.9. The molecule has 0 amide bonds. The number of phenols is 1. The van der Waals surface area contributed by atoms with Gasteiger partial charge < -0.3 is 10.4 Å². The molecule has 14 heavy (non-hydrogen) atoms. The highest BCUT2D eigenvalue weighted by Gasteiger charge is 2.46. The molecule has 0 spiro atoms. The van der Waals surface area contributed by atoms with Gasteiger partial charge in [-0.15, -0.1) is 0 Å². The minimum atomic E-state index is -0.748. The van der Waals surface area contributed by atoms with E-state index in [1.54, 1.807) is 19.2 Å². The Morgan fingerprint density at radius 3 is 2.57 bits per heavy atom. The van der Waals surface area contributed by atoms with Crippen LogP contribution in [0, 0.1) is 0 Å². The van der Waals surface area contributed by atoms with E-state index in [0.29, 0.717) is 12.8 Å². The molecule has 3 heteroatoms. The Bertz CT molecular complexity index is 334. The minimum Gasteiger partial charge on any atom is -0.508 e. The molecule has 76 valence electrons.